The fourth-order valence-electron chi connectivity index (χ4n) is 1.94. The molecule has 0 aliphatic heterocycles. The molecule has 1 atom stereocenters. The molecule has 0 aliphatic carbocycles. The maximum Gasteiger partial charge on any atom is 0.217 e. The zero-order chi connectivity index (χ0) is 15.2. The molecule has 1 amide bonds. The lowest BCUT2D eigenvalue weighted by molar-refractivity contribution is -0.119. The number of carbonyl (C=O) groups excluding carboxylic acids is 1. The van der Waals surface area contributed by atoms with Gasteiger partial charge in [-0.25, -0.2) is 9.67 Å². The minimum atomic E-state index is -0.0841. The third-order valence-corrected chi connectivity index (χ3v) is 3.33. The Balaban J connectivity index is 2.29. The van der Waals surface area contributed by atoms with E-state index in [2.05, 4.69) is 34.2 Å². The number of nitrogens with one attached hydrogen (secondary N) is 1. The van der Waals surface area contributed by atoms with Crippen LogP contribution in [0, 0.1) is 5.92 Å². The van der Waals surface area contributed by atoms with Crippen LogP contribution in [0.3, 0.4) is 0 Å². The monoisotopic (exact) mass is 287 g/mol. The van der Waals surface area contributed by atoms with Crippen LogP contribution in [-0.4, -0.2) is 25.7 Å². The number of hydrogen-bond acceptors (Lipinski definition) is 4. The average Bonchev–Trinajstić information content (AvgIpc) is 2.88. The van der Waals surface area contributed by atoms with Crippen molar-refractivity contribution in [2.24, 2.45) is 5.92 Å². The molecule has 2 rings (SSSR count). The van der Waals surface area contributed by atoms with Crippen LogP contribution in [-0.2, 0) is 17.8 Å². The van der Waals surface area contributed by atoms with Gasteiger partial charge in [-0.15, -0.1) is 0 Å². The van der Waals surface area contributed by atoms with E-state index in [1.807, 2.05) is 12.1 Å². The number of rotatable bonds is 6. The van der Waals surface area contributed by atoms with Crippen molar-refractivity contribution < 1.29 is 4.79 Å². The van der Waals surface area contributed by atoms with Gasteiger partial charge in [-0.1, -0.05) is 20.3 Å². The average molecular weight is 287 g/mol. The van der Waals surface area contributed by atoms with E-state index in [0.29, 0.717) is 12.5 Å². The number of nitrogens with zero attached hydrogens (tertiary/aromatic N) is 4. The van der Waals surface area contributed by atoms with Gasteiger partial charge in [0, 0.05) is 19.5 Å². The SMILES string of the molecule is CCC(C)Cc1nc(CNC(C)=O)n(-c2cccnc2)n1. The molecular formula is C15H21N5O. The van der Waals surface area contributed by atoms with Crippen LogP contribution in [0.25, 0.3) is 5.69 Å². The molecule has 0 bridgehead atoms. The lowest BCUT2D eigenvalue weighted by Gasteiger charge is -2.05. The maximum absolute atomic E-state index is 11.1. The second-order valence-corrected chi connectivity index (χ2v) is 5.19. The van der Waals surface area contributed by atoms with Crippen molar-refractivity contribution in [3.05, 3.63) is 36.2 Å². The standard InChI is InChI=1S/C15H21N5O/c1-4-11(2)8-14-18-15(10-17-12(3)21)20(19-14)13-6-5-7-16-9-13/h5-7,9,11H,4,8,10H2,1-3H3,(H,17,21). The lowest BCUT2D eigenvalue weighted by Crippen LogP contribution is -2.21. The van der Waals surface area contributed by atoms with Crippen LogP contribution in [0.15, 0.2) is 24.5 Å². The summed E-state index contributed by atoms with van der Waals surface area (Å²) in [5.74, 6) is 1.97. The largest absolute Gasteiger partial charge is 0.349 e. The number of amides is 1. The van der Waals surface area contributed by atoms with Gasteiger partial charge in [0.15, 0.2) is 11.6 Å². The molecule has 2 aromatic rings. The topological polar surface area (TPSA) is 72.7 Å². The van der Waals surface area contributed by atoms with E-state index < -0.39 is 0 Å². The predicted molar refractivity (Wildman–Crippen MR) is 79.8 cm³/mol. The van der Waals surface area contributed by atoms with Gasteiger partial charge >= 0.3 is 0 Å². The van der Waals surface area contributed by atoms with E-state index in [-0.39, 0.29) is 5.91 Å². The first-order valence-corrected chi connectivity index (χ1v) is 7.19. The van der Waals surface area contributed by atoms with Crippen LogP contribution >= 0.6 is 0 Å². The first-order valence-electron chi connectivity index (χ1n) is 7.19. The third-order valence-electron chi connectivity index (χ3n) is 3.33. The van der Waals surface area contributed by atoms with Crippen LogP contribution < -0.4 is 5.32 Å². The van der Waals surface area contributed by atoms with E-state index in [0.717, 1.165) is 30.2 Å². The van der Waals surface area contributed by atoms with Crippen molar-refractivity contribution in [1.82, 2.24) is 25.1 Å². The zero-order valence-corrected chi connectivity index (χ0v) is 12.7. The van der Waals surface area contributed by atoms with E-state index >= 15 is 0 Å². The Morgan fingerprint density at radius 2 is 2.29 bits per heavy atom. The van der Waals surface area contributed by atoms with Gasteiger partial charge in [-0.2, -0.15) is 5.10 Å². The molecule has 0 radical (unpaired) electrons. The highest BCUT2D eigenvalue weighted by Gasteiger charge is 2.13. The smallest absolute Gasteiger partial charge is 0.217 e. The minimum Gasteiger partial charge on any atom is -0.349 e. The summed E-state index contributed by atoms with van der Waals surface area (Å²) in [7, 11) is 0. The Morgan fingerprint density at radius 3 is 2.90 bits per heavy atom. The van der Waals surface area contributed by atoms with E-state index in [4.69, 9.17) is 0 Å². The highest BCUT2D eigenvalue weighted by molar-refractivity contribution is 5.72. The highest BCUT2D eigenvalue weighted by atomic mass is 16.1. The second kappa shape index (κ2) is 6.97. The van der Waals surface area contributed by atoms with Gasteiger partial charge in [0.1, 0.15) is 0 Å². The molecular weight excluding hydrogens is 266 g/mol. The van der Waals surface area contributed by atoms with Gasteiger partial charge < -0.3 is 5.32 Å². The molecule has 0 spiro atoms. The molecule has 6 nitrogen and oxygen atoms in total. The minimum absolute atomic E-state index is 0.0841. The summed E-state index contributed by atoms with van der Waals surface area (Å²) in [6, 6.07) is 3.78. The van der Waals surface area contributed by atoms with Gasteiger partial charge in [-0.05, 0) is 18.1 Å². The summed E-state index contributed by atoms with van der Waals surface area (Å²) >= 11 is 0. The molecule has 0 fully saturated rings. The summed E-state index contributed by atoms with van der Waals surface area (Å²) in [6.07, 6.45) is 5.37. The van der Waals surface area contributed by atoms with Crippen molar-refractivity contribution in [2.75, 3.05) is 0 Å². The van der Waals surface area contributed by atoms with Crippen molar-refractivity contribution in [1.29, 1.82) is 0 Å². The molecule has 0 aliphatic rings. The second-order valence-electron chi connectivity index (χ2n) is 5.19. The van der Waals surface area contributed by atoms with Gasteiger partial charge in [0.05, 0.1) is 18.4 Å². The Hall–Kier alpha value is -2.24. The molecule has 2 heterocycles. The molecule has 0 saturated carbocycles. The van der Waals surface area contributed by atoms with Crippen molar-refractivity contribution in [3.63, 3.8) is 0 Å². The van der Waals surface area contributed by atoms with Gasteiger partial charge in [0.2, 0.25) is 5.91 Å². The molecule has 0 aromatic carbocycles. The molecule has 112 valence electrons. The molecule has 2 aromatic heterocycles. The summed E-state index contributed by atoms with van der Waals surface area (Å²) in [5.41, 5.74) is 0.848. The molecule has 1 unspecified atom stereocenters. The predicted octanol–water partition coefficient (Wildman–Crippen LogP) is 1.89. The molecule has 1 N–H and O–H groups in total. The van der Waals surface area contributed by atoms with E-state index in [1.165, 1.54) is 6.92 Å². The van der Waals surface area contributed by atoms with E-state index in [9.17, 15) is 4.79 Å². The summed E-state index contributed by atoms with van der Waals surface area (Å²) in [4.78, 5) is 19.8. The Bertz CT molecular complexity index is 593. The highest BCUT2D eigenvalue weighted by Crippen LogP contribution is 2.12. The van der Waals surface area contributed by atoms with Crippen molar-refractivity contribution >= 4 is 5.91 Å². The summed E-state index contributed by atoms with van der Waals surface area (Å²) in [6.45, 7) is 6.18. The summed E-state index contributed by atoms with van der Waals surface area (Å²) in [5, 5.41) is 7.33. The van der Waals surface area contributed by atoms with Crippen LogP contribution in [0.4, 0.5) is 0 Å². The number of carbonyl (C=O) groups is 1. The Morgan fingerprint density at radius 1 is 1.48 bits per heavy atom. The number of aromatic nitrogens is 4. The zero-order valence-electron chi connectivity index (χ0n) is 12.7. The first kappa shape index (κ1) is 15.2. The summed E-state index contributed by atoms with van der Waals surface area (Å²) < 4.78 is 1.75. The third kappa shape index (κ3) is 4.11. The quantitative estimate of drug-likeness (QED) is 0.880. The van der Waals surface area contributed by atoms with Crippen LogP contribution in [0.5, 0.6) is 0 Å². The normalized spacial score (nSPS) is 12.1. The van der Waals surface area contributed by atoms with Crippen molar-refractivity contribution in [3.8, 4) is 5.69 Å². The fourth-order valence-corrected chi connectivity index (χ4v) is 1.94. The number of hydrogen-bond donors (Lipinski definition) is 1. The Labute approximate surface area is 124 Å². The first-order chi connectivity index (χ1) is 10.1. The van der Waals surface area contributed by atoms with E-state index in [1.54, 1.807) is 17.1 Å². The maximum atomic E-state index is 11.1. The fraction of sp³-hybridized carbons (Fsp3) is 0.467. The molecule has 6 heteroatoms. The molecule has 0 saturated heterocycles. The van der Waals surface area contributed by atoms with Gasteiger partial charge in [0.25, 0.3) is 0 Å². The van der Waals surface area contributed by atoms with Crippen LogP contribution in [0.1, 0.15) is 38.8 Å². The lowest BCUT2D eigenvalue weighted by atomic mass is 10.1. The van der Waals surface area contributed by atoms with Crippen LogP contribution in [0.2, 0.25) is 0 Å². The van der Waals surface area contributed by atoms with Gasteiger partial charge in [-0.3, -0.25) is 9.78 Å². The Kier molecular flexibility index (Phi) is 5.03. The molecule has 21 heavy (non-hydrogen) atoms. The van der Waals surface area contributed by atoms with Crippen molar-refractivity contribution in [2.45, 2.75) is 40.2 Å². The number of pyridine rings is 1.